The number of hydrazone groups is 1. The van der Waals surface area contributed by atoms with Crippen molar-refractivity contribution >= 4 is 63.6 Å². The molecule has 0 aliphatic heterocycles. The van der Waals surface area contributed by atoms with E-state index in [0.29, 0.717) is 27.1 Å². The van der Waals surface area contributed by atoms with E-state index in [-0.39, 0.29) is 23.6 Å². The second kappa shape index (κ2) is 12.0. The molecule has 0 radical (unpaired) electrons. The molecule has 0 unspecified atom stereocenters. The Morgan fingerprint density at radius 2 is 1.86 bits per heavy atom. The monoisotopic (exact) mass is 629 g/mol. The lowest BCUT2D eigenvalue weighted by molar-refractivity contribution is -0.384. The zero-order chi connectivity index (χ0) is 25.5. The molecule has 35 heavy (non-hydrogen) atoms. The van der Waals surface area contributed by atoms with Crippen LogP contribution >= 0.6 is 45.8 Å². The minimum absolute atomic E-state index is 0.0179. The predicted molar refractivity (Wildman–Crippen MR) is 141 cm³/mol. The summed E-state index contributed by atoms with van der Waals surface area (Å²) in [4.78, 5) is 22.9. The molecule has 0 saturated heterocycles. The van der Waals surface area contributed by atoms with Crippen LogP contribution in [0.2, 0.25) is 10.0 Å². The number of hydrogen-bond donors (Lipinski definition) is 1. The minimum Gasteiger partial charge on any atom is -0.496 e. The Kier molecular flexibility index (Phi) is 9.13. The molecule has 0 heterocycles. The van der Waals surface area contributed by atoms with Gasteiger partial charge in [0.2, 0.25) is 0 Å². The van der Waals surface area contributed by atoms with E-state index in [2.05, 4.69) is 33.1 Å². The van der Waals surface area contributed by atoms with E-state index in [9.17, 15) is 14.9 Å². The summed E-state index contributed by atoms with van der Waals surface area (Å²) >= 11 is 14.2. The molecular weight excluding hydrogens is 612 g/mol. The lowest BCUT2D eigenvalue weighted by atomic mass is 10.1. The molecule has 1 N–H and O–H groups in total. The number of nitrogens with one attached hydrogen (secondary N) is 1. The fourth-order valence-corrected chi connectivity index (χ4v) is 4.20. The van der Waals surface area contributed by atoms with Crippen molar-refractivity contribution in [2.45, 2.75) is 6.61 Å². The van der Waals surface area contributed by atoms with Gasteiger partial charge in [-0.05, 0) is 58.5 Å². The third-order valence-corrected chi connectivity index (χ3v) is 6.05. The first kappa shape index (κ1) is 26.5. The molecule has 0 aliphatic rings. The molecule has 9 nitrogen and oxygen atoms in total. The van der Waals surface area contributed by atoms with E-state index < -0.39 is 10.8 Å². The van der Waals surface area contributed by atoms with Crippen molar-refractivity contribution in [3.05, 3.63) is 89.0 Å². The number of hydrogen-bond acceptors (Lipinski definition) is 7. The quantitative estimate of drug-likeness (QED) is 0.137. The summed E-state index contributed by atoms with van der Waals surface area (Å²) in [6.07, 6.45) is 1.41. The maximum Gasteiger partial charge on any atom is 0.275 e. The first-order valence-electron chi connectivity index (χ1n) is 9.83. The Bertz CT molecular complexity index is 1300. The van der Waals surface area contributed by atoms with Crippen LogP contribution in [0.5, 0.6) is 17.2 Å². The molecule has 12 heteroatoms. The number of nitrogens with zero attached hydrogens (tertiary/aromatic N) is 2. The van der Waals surface area contributed by atoms with Crippen LogP contribution in [-0.4, -0.2) is 31.3 Å². The lowest BCUT2D eigenvalue weighted by Gasteiger charge is -2.14. The highest BCUT2D eigenvalue weighted by Crippen LogP contribution is 2.35. The number of halogens is 3. The Balaban J connectivity index is 1.74. The molecule has 0 aliphatic carbocycles. The van der Waals surface area contributed by atoms with E-state index in [1.807, 2.05) is 0 Å². The lowest BCUT2D eigenvalue weighted by Crippen LogP contribution is -2.18. The van der Waals surface area contributed by atoms with Gasteiger partial charge in [-0.1, -0.05) is 29.3 Å². The van der Waals surface area contributed by atoms with Crippen LogP contribution in [0.15, 0.2) is 53.6 Å². The molecule has 1 amide bonds. The summed E-state index contributed by atoms with van der Waals surface area (Å²) in [5, 5.41) is 16.0. The summed E-state index contributed by atoms with van der Waals surface area (Å²) in [6.45, 7) is 0.205. The van der Waals surface area contributed by atoms with Crippen molar-refractivity contribution in [2.24, 2.45) is 5.10 Å². The maximum atomic E-state index is 12.5. The van der Waals surface area contributed by atoms with Crippen LogP contribution in [-0.2, 0) is 6.61 Å². The Morgan fingerprint density at radius 1 is 1.11 bits per heavy atom. The summed E-state index contributed by atoms with van der Waals surface area (Å²) in [7, 11) is 2.87. The highest BCUT2D eigenvalue weighted by molar-refractivity contribution is 14.1. The second-order valence-electron chi connectivity index (χ2n) is 6.90. The van der Waals surface area contributed by atoms with Crippen LogP contribution in [0.4, 0.5) is 5.69 Å². The van der Waals surface area contributed by atoms with Crippen LogP contribution < -0.4 is 19.6 Å². The molecule has 0 atom stereocenters. The van der Waals surface area contributed by atoms with Crippen molar-refractivity contribution in [1.82, 2.24) is 5.43 Å². The molecular formula is C23H18Cl2IN3O6. The van der Waals surface area contributed by atoms with Gasteiger partial charge in [0.1, 0.15) is 12.4 Å². The van der Waals surface area contributed by atoms with Gasteiger partial charge in [0.25, 0.3) is 11.6 Å². The van der Waals surface area contributed by atoms with E-state index >= 15 is 0 Å². The van der Waals surface area contributed by atoms with Gasteiger partial charge in [-0.3, -0.25) is 14.9 Å². The Labute approximate surface area is 224 Å². The number of carbonyl (C=O) groups is 1. The fraction of sp³-hybridized carbons (Fsp3) is 0.130. The van der Waals surface area contributed by atoms with E-state index in [4.69, 9.17) is 37.4 Å². The predicted octanol–water partition coefficient (Wildman–Crippen LogP) is 5.87. The largest absolute Gasteiger partial charge is 0.496 e. The number of nitro benzene ring substituents is 1. The van der Waals surface area contributed by atoms with Crippen molar-refractivity contribution in [3.63, 3.8) is 0 Å². The summed E-state index contributed by atoms with van der Waals surface area (Å²) in [6, 6.07) is 12.3. The molecule has 0 fully saturated rings. The topological polar surface area (TPSA) is 112 Å². The van der Waals surface area contributed by atoms with Crippen LogP contribution in [0.1, 0.15) is 21.5 Å². The molecule has 0 spiro atoms. The standard InChI is InChI=1S/C23H18Cl2IN3O6/c1-33-20-6-5-16(29(31)32)10-17(20)23(30)28-27-11-13-7-19(26)22(21(8-13)34-2)35-12-14-3-4-15(24)9-18(14)25/h3-11H,12H2,1-2H3,(H,28,30)/b27-11-. The van der Waals surface area contributed by atoms with Gasteiger partial charge in [0.05, 0.1) is 34.5 Å². The SMILES string of the molecule is COc1ccc([N+](=O)[O-])cc1C(=O)N/N=C\c1cc(I)c(OCc2ccc(Cl)cc2Cl)c(OC)c1. The van der Waals surface area contributed by atoms with Crippen molar-refractivity contribution in [2.75, 3.05) is 14.2 Å². The minimum atomic E-state index is -0.664. The third kappa shape index (κ3) is 6.74. The van der Waals surface area contributed by atoms with E-state index in [1.165, 1.54) is 32.6 Å². The number of non-ortho nitro benzene ring substituents is 1. The number of nitro groups is 1. The van der Waals surface area contributed by atoms with Gasteiger partial charge in [0.15, 0.2) is 11.5 Å². The zero-order valence-electron chi connectivity index (χ0n) is 18.4. The average Bonchev–Trinajstić information content (AvgIpc) is 2.83. The number of methoxy groups -OCH3 is 2. The van der Waals surface area contributed by atoms with Gasteiger partial charge < -0.3 is 14.2 Å². The summed E-state index contributed by atoms with van der Waals surface area (Å²) in [5.41, 5.74) is 3.47. The fourth-order valence-electron chi connectivity index (χ4n) is 2.96. The molecule has 3 aromatic rings. The molecule has 0 bridgehead atoms. The normalized spacial score (nSPS) is 10.8. The van der Waals surface area contributed by atoms with Crippen LogP contribution in [0, 0.1) is 13.7 Å². The summed E-state index contributed by atoms with van der Waals surface area (Å²) < 4.78 is 17.2. The first-order chi connectivity index (χ1) is 16.7. The first-order valence-corrected chi connectivity index (χ1v) is 11.7. The molecule has 3 rings (SSSR count). The average molecular weight is 630 g/mol. The van der Waals surface area contributed by atoms with Crippen molar-refractivity contribution < 1.29 is 23.9 Å². The van der Waals surface area contributed by atoms with E-state index in [1.54, 1.807) is 30.3 Å². The van der Waals surface area contributed by atoms with Gasteiger partial charge in [-0.15, -0.1) is 0 Å². The summed E-state index contributed by atoms with van der Waals surface area (Å²) in [5.74, 6) is 0.488. The van der Waals surface area contributed by atoms with Gasteiger partial charge in [-0.2, -0.15) is 5.10 Å². The molecule has 0 saturated carbocycles. The van der Waals surface area contributed by atoms with E-state index in [0.717, 1.165) is 15.2 Å². The molecule has 0 aromatic heterocycles. The van der Waals surface area contributed by atoms with Crippen LogP contribution in [0.3, 0.4) is 0 Å². The maximum absolute atomic E-state index is 12.5. The number of benzene rings is 3. The van der Waals surface area contributed by atoms with Crippen molar-refractivity contribution in [1.29, 1.82) is 0 Å². The van der Waals surface area contributed by atoms with Crippen molar-refractivity contribution in [3.8, 4) is 17.2 Å². The number of amides is 1. The highest BCUT2D eigenvalue weighted by atomic mass is 127. The van der Waals surface area contributed by atoms with Gasteiger partial charge in [0, 0.05) is 27.7 Å². The molecule has 3 aromatic carbocycles. The zero-order valence-corrected chi connectivity index (χ0v) is 22.1. The number of carbonyl (C=O) groups excluding carboxylic acids is 1. The molecule has 182 valence electrons. The smallest absolute Gasteiger partial charge is 0.275 e. The van der Waals surface area contributed by atoms with Crippen LogP contribution in [0.25, 0.3) is 0 Å². The highest BCUT2D eigenvalue weighted by Gasteiger charge is 2.17. The third-order valence-electron chi connectivity index (χ3n) is 4.66. The Hall–Kier alpha value is -3.09. The van der Waals surface area contributed by atoms with Gasteiger partial charge in [-0.25, -0.2) is 5.43 Å². The Morgan fingerprint density at radius 3 is 2.51 bits per heavy atom. The number of rotatable bonds is 9. The number of ether oxygens (including phenoxy) is 3. The second-order valence-corrected chi connectivity index (χ2v) is 8.91. The van der Waals surface area contributed by atoms with Gasteiger partial charge >= 0.3 is 0 Å².